The topological polar surface area (TPSA) is 61.4 Å². The number of ketones is 1. The van der Waals surface area contributed by atoms with Crippen molar-refractivity contribution in [3.63, 3.8) is 0 Å². The van der Waals surface area contributed by atoms with E-state index in [2.05, 4.69) is 0 Å². The number of nitrogens with zero attached hydrogens (tertiary/aromatic N) is 1. The van der Waals surface area contributed by atoms with Gasteiger partial charge in [-0.3, -0.25) is 4.79 Å². The number of hydrogen-bond acceptors (Lipinski definition) is 4. The van der Waals surface area contributed by atoms with Gasteiger partial charge in [-0.25, -0.2) is 4.79 Å². The summed E-state index contributed by atoms with van der Waals surface area (Å²) in [6, 6.07) is 10.1. The largest absolute Gasteiger partial charge is 0.497 e. The van der Waals surface area contributed by atoms with Crippen molar-refractivity contribution in [3.05, 3.63) is 64.3 Å². The molecule has 0 saturated heterocycles. The van der Waals surface area contributed by atoms with Crippen LogP contribution in [0.2, 0.25) is 0 Å². The molecule has 0 radical (unpaired) electrons. The lowest BCUT2D eigenvalue weighted by Gasteiger charge is -2.04. The summed E-state index contributed by atoms with van der Waals surface area (Å²) in [6.45, 7) is 0. The Morgan fingerprint density at radius 3 is 2.71 bits per heavy atom. The van der Waals surface area contributed by atoms with E-state index in [4.69, 9.17) is 9.15 Å². The lowest BCUT2D eigenvalue weighted by Crippen LogP contribution is -2.16. The predicted molar refractivity (Wildman–Crippen MR) is 77.9 cm³/mol. The van der Waals surface area contributed by atoms with Gasteiger partial charge in [0.15, 0.2) is 0 Å². The summed E-state index contributed by atoms with van der Waals surface area (Å²) in [5.74, 6) is 0.237. The molecule has 21 heavy (non-hydrogen) atoms. The molecule has 0 saturated carbocycles. The highest BCUT2D eigenvalue weighted by Crippen LogP contribution is 2.21. The zero-order valence-corrected chi connectivity index (χ0v) is 11.6. The maximum Gasteiger partial charge on any atom is 0.347 e. The molecule has 3 aromatic rings. The van der Waals surface area contributed by atoms with Gasteiger partial charge in [-0.1, -0.05) is 0 Å². The number of methoxy groups -OCH3 is 1. The van der Waals surface area contributed by atoms with Crippen molar-refractivity contribution >= 4 is 16.8 Å². The van der Waals surface area contributed by atoms with E-state index in [1.165, 1.54) is 7.11 Å². The molecular formula is C16H13NO4. The Bertz CT molecular complexity index is 889. The van der Waals surface area contributed by atoms with E-state index in [1.807, 2.05) is 0 Å². The van der Waals surface area contributed by atoms with Crippen LogP contribution in [0.1, 0.15) is 16.1 Å². The molecule has 5 heteroatoms. The molecule has 2 heterocycles. The first kappa shape index (κ1) is 13.2. The zero-order chi connectivity index (χ0) is 15.0. The van der Waals surface area contributed by atoms with Crippen LogP contribution in [-0.4, -0.2) is 17.5 Å². The quantitative estimate of drug-likeness (QED) is 0.547. The Morgan fingerprint density at radius 2 is 2.05 bits per heavy atom. The van der Waals surface area contributed by atoms with E-state index in [-0.39, 0.29) is 11.3 Å². The molecule has 0 bridgehead atoms. The van der Waals surface area contributed by atoms with Crippen molar-refractivity contribution in [3.8, 4) is 5.75 Å². The molecule has 0 aliphatic carbocycles. The smallest absolute Gasteiger partial charge is 0.347 e. The van der Waals surface area contributed by atoms with E-state index >= 15 is 0 Å². The van der Waals surface area contributed by atoms with Crippen LogP contribution in [-0.2, 0) is 7.05 Å². The molecule has 2 aromatic heterocycles. The molecule has 0 amide bonds. The Balaban J connectivity index is 2.16. The highest BCUT2D eigenvalue weighted by atomic mass is 16.5. The number of fused-ring (bicyclic) bond motifs is 1. The number of carbonyl (C=O) groups excluding carboxylic acids is 1. The van der Waals surface area contributed by atoms with Gasteiger partial charge in [0.05, 0.1) is 12.8 Å². The molecule has 0 unspecified atom stereocenters. The molecule has 3 rings (SSSR count). The first-order chi connectivity index (χ1) is 10.1. The molecule has 0 spiro atoms. The van der Waals surface area contributed by atoms with Crippen molar-refractivity contribution in [2.24, 2.45) is 7.05 Å². The van der Waals surface area contributed by atoms with Gasteiger partial charge in [0.25, 0.3) is 0 Å². The van der Waals surface area contributed by atoms with Gasteiger partial charge in [0.1, 0.15) is 16.9 Å². The number of hydrogen-bond donors (Lipinski definition) is 0. The molecular weight excluding hydrogens is 270 g/mol. The molecule has 0 aliphatic heterocycles. The summed E-state index contributed by atoms with van der Waals surface area (Å²) in [6.07, 6.45) is 1.75. The average Bonchev–Trinajstić information content (AvgIpc) is 2.91. The fourth-order valence-electron chi connectivity index (χ4n) is 2.21. The Labute approximate surface area is 120 Å². The summed E-state index contributed by atoms with van der Waals surface area (Å²) >= 11 is 0. The van der Waals surface area contributed by atoms with Crippen LogP contribution in [0.4, 0.5) is 0 Å². The maximum absolute atomic E-state index is 12.4. The van der Waals surface area contributed by atoms with Gasteiger partial charge in [-0.15, -0.1) is 0 Å². The third-order valence-corrected chi connectivity index (χ3v) is 3.36. The van der Waals surface area contributed by atoms with E-state index < -0.39 is 5.63 Å². The monoisotopic (exact) mass is 283 g/mol. The van der Waals surface area contributed by atoms with Crippen LogP contribution >= 0.6 is 0 Å². The fraction of sp³-hybridized carbons (Fsp3) is 0.125. The van der Waals surface area contributed by atoms with Crippen LogP contribution in [0.5, 0.6) is 5.75 Å². The van der Waals surface area contributed by atoms with Gasteiger partial charge in [-0.2, -0.15) is 0 Å². The first-order valence-corrected chi connectivity index (χ1v) is 6.38. The molecule has 0 fully saturated rings. The Hall–Kier alpha value is -2.82. The number of rotatable bonds is 3. The van der Waals surface area contributed by atoms with E-state index in [0.29, 0.717) is 22.4 Å². The van der Waals surface area contributed by atoms with E-state index in [0.717, 1.165) is 0 Å². The lowest BCUT2D eigenvalue weighted by molar-refractivity contribution is 0.102. The molecule has 106 valence electrons. The summed E-state index contributed by atoms with van der Waals surface area (Å²) in [5.41, 5.74) is 0.203. The number of aryl methyl sites for hydroxylation is 1. The standard InChI is InChI=1S/C16H13NO4/c1-17-7-3-4-13(17)15(18)12-8-10-5-6-11(20-2)9-14(10)21-16(12)19/h3-9H,1-2H3. The minimum Gasteiger partial charge on any atom is -0.497 e. The van der Waals surface area contributed by atoms with Crippen LogP contribution in [0, 0.1) is 0 Å². The fourth-order valence-corrected chi connectivity index (χ4v) is 2.21. The third kappa shape index (κ3) is 2.23. The maximum atomic E-state index is 12.4. The van der Waals surface area contributed by atoms with Gasteiger partial charge in [0, 0.05) is 24.7 Å². The average molecular weight is 283 g/mol. The molecule has 1 aromatic carbocycles. The van der Waals surface area contributed by atoms with Crippen LogP contribution < -0.4 is 10.4 Å². The van der Waals surface area contributed by atoms with Gasteiger partial charge in [-0.05, 0) is 30.3 Å². The molecule has 0 atom stereocenters. The van der Waals surface area contributed by atoms with Gasteiger partial charge >= 0.3 is 5.63 Å². The minimum absolute atomic E-state index is 0.0227. The van der Waals surface area contributed by atoms with Crippen LogP contribution in [0.25, 0.3) is 11.0 Å². The van der Waals surface area contributed by atoms with Crippen LogP contribution in [0.3, 0.4) is 0 Å². The van der Waals surface area contributed by atoms with Gasteiger partial charge < -0.3 is 13.7 Å². The Kier molecular flexibility index (Phi) is 3.10. The zero-order valence-electron chi connectivity index (χ0n) is 11.6. The SMILES string of the molecule is COc1ccc2cc(C(=O)c3cccn3C)c(=O)oc2c1. The van der Waals surface area contributed by atoms with Crippen molar-refractivity contribution in [2.75, 3.05) is 7.11 Å². The number of aromatic nitrogens is 1. The number of carbonyl (C=O) groups is 1. The Morgan fingerprint density at radius 1 is 1.24 bits per heavy atom. The summed E-state index contributed by atoms with van der Waals surface area (Å²) in [5, 5.41) is 0.674. The van der Waals surface area contributed by atoms with E-state index in [9.17, 15) is 9.59 Å². The predicted octanol–water partition coefficient (Wildman–Crippen LogP) is 2.37. The van der Waals surface area contributed by atoms with Crippen molar-refractivity contribution in [2.45, 2.75) is 0 Å². The number of ether oxygens (including phenoxy) is 1. The highest BCUT2D eigenvalue weighted by molar-refractivity contribution is 6.08. The molecule has 5 nitrogen and oxygen atoms in total. The first-order valence-electron chi connectivity index (χ1n) is 6.38. The molecule has 0 aliphatic rings. The summed E-state index contributed by atoms with van der Waals surface area (Å²) in [7, 11) is 3.29. The second kappa shape index (κ2) is 4.94. The summed E-state index contributed by atoms with van der Waals surface area (Å²) < 4.78 is 12.0. The third-order valence-electron chi connectivity index (χ3n) is 3.36. The van der Waals surface area contributed by atoms with Crippen molar-refractivity contribution < 1.29 is 13.9 Å². The van der Waals surface area contributed by atoms with Crippen LogP contribution in [0.15, 0.2) is 51.8 Å². The lowest BCUT2D eigenvalue weighted by atomic mass is 10.1. The van der Waals surface area contributed by atoms with Crippen molar-refractivity contribution in [1.82, 2.24) is 4.57 Å². The van der Waals surface area contributed by atoms with Gasteiger partial charge in [0.2, 0.25) is 5.78 Å². The second-order valence-electron chi connectivity index (χ2n) is 4.68. The molecule has 0 N–H and O–H groups in total. The minimum atomic E-state index is -0.651. The van der Waals surface area contributed by atoms with Crippen molar-refractivity contribution in [1.29, 1.82) is 0 Å². The number of benzene rings is 1. The highest BCUT2D eigenvalue weighted by Gasteiger charge is 2.17. The van der Waals surface area contributed by atoms with E-state index in [1.54, 1.807) is 54.2 Å². The normalized spacial score (nSPS) is 10.8. The summed E-state index contributed by atoms with van der Waals surface area (Å²) in [4.78, 5) is 24.5. The second-order valence-corrected chi connectivity index (χ2v) is 4.68.